The molecule has 0 aliphatic rings. The second kappa shape index (κ2) is 5.27. The van der Waals surface area contributed by atoms with Crippen LogP contribution in [0.15, 0.2) is 23.7 Å². The fraction of sp³-hybridized carbons (Fsp3) is 0.364. The summed E-state index contributed by atoms with van der Waals surface area (Å²) in [6.45, 7) is 3.13. The Balaban J connectivity index is 2.15. The molecule has 0 atom stereocenters. The van der Waals surface area contributed by atoms with Gasteiger partial charge in [-0.2, -0.15) is 13.2 Å². The van der Waals surface area contributed by atoms with Crippen molar-refractivity contribution >= 4 is 27.8 Å². The Morgan fingerprint density at radius 2 is 2.17 bits per heavy atom. The summed E-state index contributed by atoms with van der Waals surface area (Å²) < 4.78 is 37.5. The maximum absolute atomic E-state index is 12.5. The van der Waals surface area contributed by atoms with Gasteiger partial charge in [-0.3, -0.25) is 0 Å². The normalized spacial score (nSPS) is 11.8. The van der Waals surface area contributed by atoms with Gasteiger partial charge in [-0.15, -0.1) is 11.3 Å². The van der Waals surface area contributed by atoms with E-state index in [1.54, 1.807) is 11.3 Å². The molecule has 0 aromatic carbocycles. The van der Waals surface area contributed by atoms with Crippen LogP contribution in [-0.2, 0) is 12.7 Å². The van der Waals surface area contributed by atoms with Gasteiger partial charge in [0.25, 0.3) is 0 Å². The number of hydrogen-bond donors (Lipinski definition) is 0. The molecule has 0 radical (unpaired) electrons. The van der Waals surface area contributed by atoms with E-state index in [2.05, 4.69) is 4.98 Å². The lowest BCUT2D eigenvalue weighted by Crippen LogP contribution is -2.21. The number of alkyl halides is 3. The fourth-order valence-electron chi connectivity index (χ4n) is 1.45. The zero-order chi connectivity index (χ0) is 13.2. The number of rotatable bonds is 4. The lowest BCUT2D eigenvalue weighted by Gasteiger charge is -2.18. The van der Waals surface area contributed by atoms with E-state index in [0.717, 1.165) is 11.1 Å². The maximum atomic E-state index is 12.5. The molecule has 0 fully saturated rings. The minimum absolute atomic E-state index is 0.415. The molecule has 2 aromatic rings. The highest BCUT2D eigenvalue weighted by Crippen LogP contribution is 2.36. The van der Waals surface area contributed by atoms with E-state index >= 15 is 0 Å². The second-order valence-electron chi connectivity index (χ2n) is 3.60. The molecule has 0 saturated heterocycles. The molecular weight excluding hydrogens is 281 g/mol. The van der Waals surface area contributed by atoms with Gasteiger partial charge < -0.3 is 4.90 Å². The summed E-state index contributed by atoms with van der Waals surface area (Å²) in [7, 11) is 0. The summed E-state index contributed by atoms with van der Waals surface area (Å²) in [4.78, 5) is 6.16. The molecule has 0 aliphatic carbocycles. The summed E-state index contributed by atoms with van der Waals surface area (Å²) in [5.74, 6) is 0. The summed E-state index contributed by atoms with van der Waals surface area (Å²) >= 11 is 2.28. The van der Waals surface area contributed by atoms with Gasteiger partial charge in [-0.1, -0.05) is 17.4 Å². The SMILES string of the molecule is CCN(Cc1cccs1)c1ncc(C(F)(F)F)s1. The van der Waals surface area contributed by atoms with Gasteiger partial charge in [0.05, 0.1) is 12.7 Å². The predicted octanol–water partition coefficient (Wildman–Crippen LogP) is 4.25. The topological polar surface area (TPSA) is 16.1 Å². The highest BCUT2D eigenvalue weighted by Gasteiger charge is 2.33. The van der Waals surface area contributed by atoms with Crippen LogP contribution >= 0.6 is 22.7 Å². The number of aromatic nitrogens is 1. The van der Waals surface area contributed by atoms with Crippen molar-refractivity contribution < 1.29 is 13.2 Å². The molecule has 2 nitrogen and oxygen atoms in total. The van der Waals surface area contributed by atoms with Crippen molar-refractivity contribution in [3.05, 3.63) is 33.5 Å². The van der Waals surface area contributed by atoms with Crippen LogP contribution in [0.25, 0.3) is 0 Å². The first-order valence-corrected chi connectivity index (χ1v) is 7.00. The molecule has 98 valence electrons. The van der Waals surface area contributed by atoms with Crippen LogP contribution in [0.3, 0.4) is 0 Å². The molecule has 2 heterocycles. The molecule has 0 unspecified atom stereocenters. The molecule has 0 amide bonds. The van der Waals surface area contributed by atoms with Crippen molar-refractivity contribution in [3.63, 3.8) is 0 Å². The van der Waals surface area contributed by atoms with E-state index in [1.807, 2.05) is 29.3 Å². The molecule has 0 spiro atoms. The first-order chi connectivity index (χ1) is 8.50. The molecule has 0 aliphatic heterocycles. The second-order valence-corrected chi connectivity index (χ2v) is 5.64. The van der Waals surface area contributed by atoms with Crippen LogP contribution in [0.5, 0.6) is 0 Å². The first kappa shape index (κ1) is 13.4. The van der Waals surface area contributed by atoms with Crippen molar-refractivity contribution in [3.8, 4) is 0 Å². The zero-order valence-corrected chi connectivity index (χ0v) is 11.2. The number of thiophene rings is 1. The Hall–Kier alpha value is -1.08. The highest BCUT2D eigenvalue weighted by atomic mass is 32.1. The number of halogens is 3. The maximum Gasteiger partial charge on any atom is 0.427 e. The number of nitrogens with zero attached hydrogens (tertiary/aromatic N) is 2. The van der Waals surface area contributed by atoms with Crippen LogP contribution < -0.4 is 4.90 Å². The molecule has 0 N–H and O–H groups in total. The van der Waals surface area contributed by atoms with Crippen molar-refractivity contribution in [2.24, 2.45) is 0 Å². The van der Waals surface area contributed by atoms with Crippen molar-refractivity contribution in [2.75, 3.05) is 11.4 Å². The zero-order valence-electron chi connectivity index (χ0n) is 9.57. The highest BCUT2D eigenvalue weighted by molar-refractivity contribution is 7.15. The van der Waals surface area contributed by atoms with Crippen molar-refractivity contribution in [1.29, 1.82) is 0 Å². The van der Waals surface area contributed by atoms with Gasteiger partial charge in [0.1, 0.15) is 4.88 Å². The third-order valence-corrected chi connectivity index (χ3v) is 4.32. The first-order valence-electron chi connectivity index (χ1n) is 5.31. The largest absolute Gasteiger partial charge is 0.427 e. The van der Waals surface area contributed by atoms with Crippen LogP contribution in [0.2, 0.25) is 0 Å². The average Bonchev–Trinajstić information content (AvgIpc) is 2.95. The molecule has 2 aromatic heterocycles. The summed E-state index contributed by atoms with van der Waals surface area (Å²) in [6, 6.07) is 3.89. The Kier molecular flexibility index (Phi) is 3.91. The summed E-state index contributed by atoms with van der Waals surface area (Å²) in [6.07, 6.45) is -3.41. The smallest absolute Gasteiger partial charge is 0.343 e. The molecule has 7 heteroatoms. The number of anilines is 1. The molecule has 18 heavy (non-hydrogen) atoms. The van der Waals surface area contributed by atoms with Gasteiger partial charge in [0.15, 0.2) is 5.13 Å². The Morgan fingerprint density at radius 3 is 2.67 bits per heavy atom. The molecule has 0 saturated carbocycles. The van der Waals surface area contributed by atoms with E-state index in [-0.39, 0.29) is 0 Å². The van der Waals surface area contributed by atoms with Gasteiger partial charge in [-0.05, 0) is 18.4 Å². The van der Waals surface area contributed by atoms with Gasteiger partial charge >= 0.3 is 6.18 Å². The third kappa shape index (κ3) is 3.02. The van der Waals surface area contributed by atoms with Crippen LogP contribution in [0.4, 0.5) is 18.3 Å². The van der Waals surface area contributed by atoms with E-state index in [1.165, 1.54) is 0 Å². The fourth-order valence-corrected chi connectivity index (χ4v) is 3.01. The van der Waals surface area contributed by atoms with E-state index < -0.39 is 11.1 Å². The van der Waals surface area contributed by atoms with E-state index in [4.69, 9.17) is 0 Å². The standard InChI is InChI=1S/C11H11F3N2S2/c1-2-16(7-8-4-3-5-17-8)10-15-6-9(18-10)11(12,13)14/h3-6H,2,7H2,1H3. The van der Waals surface area contributed by atoms with E-state index in [9.17, 15) is 13.2 Å². The quantitative estimate of drug-likeness (QED) is 0.837. The van der Waals surface area contributed by atoms with Gasteiger partial charge in [-0.25, -0.2) is 4.98 Å². The minimum atomic E-state index is -4.31. The lowest BCUT2D eigenvalue weighted by atomic mass is 10.4. The summed E-state index contributed by atoms with van der Waals surface area (Å²) in [5.41, 5.74) is 0. The third-order valence-electron chi connectivity index (χ3n) is 2.35. The van der Waals surface area contributed by atoms with E-state index in [0.29, 0.717) is 29.6 Å². The molecule has 0 bridgehead atoms. The van der Waals surface area contributed by atoms with Crippen LogP contribution in [-0.4, -0.2) is 11.5 Å². The average molecular weight is 292 g/mol. The molecule has 2 rings (SSSR count). The lowest BCUT2D eigenvalue weighted by molar-refractivity contribution is -0.134. The predicted molar refractivity (Wildman–Crippen MR) is 68.2 cm³/mol. The van der Waals surface area contributed by atoms with Crippen molar-refractivity contribution in [1.82, 2.24) is 4.98 Å². The summed E-state index contributed by atoms with van der Waals surface area (Å²) in [5, 5.41) is 2.37. The Bertz CT molecular complexity index is 491. The Labute approximate surface area is 111 Å². The monoisotopic (exact) mass is 292 g/mol. The van der Waals surface area contributed by atoms with Crippen LogP contribution in [0.1, 0.15) is 16.7 Å². The number of thiazole rings is 1. The Morgan fingerprint density at radius 1 is 1.39 bits per heavy atom. The minimum Gasteiger partial charge on any atom is -0.343 e. The van der Waals surface area contributed by atoms with Crippen molar-refractivity contribution in [2.45, 2.75) is 19.6 Å². The number of hydrogen-bond acceptors (Lipinski definition) is 4. The van der Waals surface area contributed by atoms with Gasteiger partial charge in [0.2, 0.25) is 0 Å². The van der Waals surface area contributed by atoms with Crippen LogP contribution in [0, 0.1) is 0 Å². The van der Waals surface area contributed by atoms with Gasteiger partial charge in [0, 0.05) is 11.4 Å². The molecular formula is C11H11F3N2S2.